The van der Waals surface area contributed by atoms with E-state index in [2.05, 4.69) is 172 Å². The third kappa shape index (κ3) is 4.78. The fourth-order valence-electron chi connectivity index (χ4n) is 7.46. The molecule has 220 valence electrons. The lowest BCUT2D eigenvalue weighted by Gasteiger charge is -2.20. The molecule has 7 aromatic carbocycles. The molecular formula is C46H36. The summed E-state index contributed by atoms with van der Waals surface area (Å²) in [6, 6.07) is 51.5. The van der Waals surface area contributed by atoms with Crippen LogP contribution in [-0.2, 0) is 0 Å². The molecule has 8 rings (SSSR count). The normalized spacial score (nSPS) is 17.0. The van der Waals surface area contributed by atoms with Crippen LogP contribution in [0.2, 0.25) is 0 Å². The average Bonchev–Trinajstić information content (AvgIpc) is 3.10. The van der Waals surface area contributed by atoms with Crippen LogP contribution in [0, 0.1) is 6.92 Å². The molecule has 0 aromatic heterocycles. The van der Waals surface area contributed by atoms with Crippen LogP contribution in [0.3, 0.4) is 0 Å². The number of rotatable bonds is 4. The second-order valence-electron chi connectivity index (χ2n) is 12.5. The maximum atomic E-state index is 2.33. The van der Waals surface area contributed by atoms with Crippen molar-refractivity contribution in [3.05, 3.63) is 180 Å². The highest BCUT2D eigenvalue weighted by atomic mass is 14.2. The van der Waals surface area contributed by atoms with Crippen LogP contribution in [0.15, 0.2) is 163 Å². The Labute approximate surface area is 271 Å². The Morgan fingerprint density at radius 1 is 0.435 bits per heavy atom. The number of hydrogen-bond acceptors (Lipinski definition) is 0. The molecule has 0 amide bonds. The molecule has 0 fully saturated rings. The molecule has 0 saturated heterocycles. The van der Waals surface area contributed by atoms with Gasteiger partial charge in [0.2, 0.25) is 0 Å². The van der Waals surface area contributed by atoms with E-state index in [1.807, 2.05) is 0 Å². The highest BCUT2D eigenvalue weighted by Crippen LogP contribution is 2.46. The molecule has 0 heterocycles. The van der Waals surface area contributed by atoms with Crippen molar-refractivity contribution in [1.29, 1.82) is 0 Å². The third-order valence-electron chi connectivity index (χ3n) is 9.67. The second-order valence-corrected chi connectivity index (χ2v) is 12.5. The van der Waals surface area contributed by atoms with Gasteiger partial charge in [-0.3, -0.25) is 0 Å². The van der Waals surface area contributed by atoms with Crippen molar-refractivity contribution in [2.75, 3.05) is 0 Å². The number of benzene rings is 7. The summed E-state index contributed by atoms with van der Waals surface area (Å²) in [6.45, 7) is 4.50. The number of allylic oxidation sites excluding steroid dienone is 6. The Balaban J connectivity index is 1.33. The summed E-state index contributed by atoms with van der Waals surface area (Å²) in [5.41, 5.74) is 13.0. The van der Waals surface area contributed by atoms with E-state index in [0.29, 0.717) is 0 Å². The summed E-state index contributed by atoms with van der Waals surface area (Å²) in [6.07, 6.45) is 8.95. The molecule has 0 unspecified atom stereocenters. The van der Waals surface area contributed by atoms with Gasteiger partial charge in [-0.25, -0.2) is 0 Å². The van der Waals surface area contributed by atoms with Crippen molar-refractivity contribution >= 4 is 43.5 Å². The standard InChI is InChI=1S/C46H36/c1-31-25-30-43(38-20-10-9-18-36(31)38)46-41-23-13-11-21-39(41)45(40-22-12-14-24-42(40)46)35-28-26-33(27-29-35)37-19-8-3-5-15-32(2)44(37)34-16-6-4-7-17-34/h3-4,6-14,16-30H,5,15H2,1-2H3/b8-3-,37-19-,44-32+. The Hall–Kier alpha value is -5.46. The van der Waals surface area contributed by atoms with Crippen molar-refractivity contribution < 1.29 is 0 Å². The molecule has 1 aliphatic carbocycles. The van der Waals surface area contributed by atoms with Gasteiger partial charge in [0.15, 0.2) is 0 Å². The summed E-state index contributed by atoms with van der Waals surface area (Å²) in [7, 11) is 0. The van der Waals surface area contributed by atoms with Crippen molar-refractivity contribution in [3.8, 4) is 22.3 Å². The molecule has 0 atom stereocenters. The fourth-order valence-corrected chi connectivity index (χ4v) is 7.46. The first kappa shape index (κ1) is 28.0. The van der Waals surface area contributed by atoms with Gasteiger partial charge in [-0.05, 0) is 109 Å². The van der Waals surface area contributed by atoms with Gasteiger partial charge in [-0.1, -0.05) is 163 Å². The van der Waals surface area contributed by atoms with Crippen LogP contribution in [0.1, 0.15) is 36.5 Å². The lowest BCUT2D eigenvalue weighted by Crippen LogP contribution is -1.97. The zero-order valence-corrected chi connectivity index (χ0v) is 26.4. The van der Waals surface area contributed by atoms with Gasteiger partial charge in [0.05, 0.1) is 0 Å². The van der Waals surface area contributed by atoms with Gasteiger partial charge >= 0.3 is 0 Å². The molecule has 0 N–H and O–H groups in total. The number of hydrogen-bond donors (Lipinski definition) is 0. The zero-order valence-electron chi connectivity index (χ0n) is 26.4. The van der Waals surface area contributed by atoms with E-state index in [9.17, 15) is 0 Å². The maximum absolute atomic E-state index is 2.33. The first-order chi connectivity index (χ1) is 22.7. The Morgan fingerprint density at radius 2 is 0.978 bits per heavy atom. The van der Waals surface area contributed by atoms with E-state index in [4.69, 9.17) is 0 Å². The Morgan fingerprint density at radius 3 is 1.63 bits per heavy atom. The summed E-state index contributed by atoms with van der Waals surface area (Å²) >= 11 is 0. The lowest BCUT2D eigenvalue weighted by atomic mass is 9.83. The zero-order chi connectivity index (χ0) is 31.0. The van der Waals surface area contributed by atoms with Crippen LogP contribution in [0.5, 0.6) is 0 Å². The third-order valence-corrected chi connectivity index (χ3v) is 9.67. The molecular weight excluding hydrogens is 553 g/mol. The van der Waals surface area contributed by atoms with Crippen molar-refractivity contribution in [2.24, 2.45) is 0 Å². The van der Waals surface area contributed by atoms with Crippen molar-refractivity contribution in [1.82, 2.24) is 0 Å². The molecule has 7 aromatic rings. The summed E-state index contributed by atoms with van der Waals surface area (Å²) in [5.74, 6) is 0. The monoisotopic (exact) mass is 588 g/mol. The largest absolute Gasteiger partial charge is 0.0842 e. The molecule has 0 radical (unpaired) electrons. The second kappa shape index (κ2) is 11.8. The molecule has 0 aliphatic heterocycles. The van der Waals surface area contributed by atoms with Crippen LogP contribution in [0.4, 0.5) is 0 Å². The van der Waals surface area contributed by atoms with Crippen molar-refractivity contribution in [3.63, 3.8) is 0 Å². The highest BCUT2D eigenvalue weighted by Gasteiger charge is 2.19. The molecule has 0 bridgehead atoms. The average molecular weight is 589 g/mol. The van der Waals surface area contributed by atoms with Crippen LogP contribution in [-0.4, -0.2) is 0 Å². The summed E-state index contributed by atoms with van der Waals surface area (Å²) < 4.78 is 0. The SMILES string of the molecule is C\C1=C(c2ccccc2)/C(c2ccc(-c3c4ccccc4c(-c4ccc(C)c5ccccc45)c4ccccc34)cc2)=C\C=C/CC1. The van der Waals surface area contributed by atoms with Crippen LogP contribution >= 0.6 is 0 Å². The van der Waals surface area contributed by atoms with Crippen LogP contribution < -0.4 is 0 Å². The predicted octanol–water partition coefficient (Wildman–Crippen LogP) is 13.0. The van der Waals surface area contributed by atoms with E-state index in [0.717, 1.165) is 12.8 Å². The molecule has 1 aliphatic rings. The van der Waals surface area contributed by atoms with Gasteiger partial charge in [0.1, 0.15) is 0 Å². The molecule has 0 spiro atoms. The predicted molar refractivity (Wildman–Crippen MR) is 200 cm³/mol. The Bertz CT molecular complexity index is 2290. The number of fused-ring (bicyclic) bond motifs is 3. The van der Waals surface area contributed by atoms with Crippen LogP contribution in [0.25, 0.3) is 65.7 Å². The van der Waals surface area contributed by atoms with E-state index >= 15 is 0 Å². The van der Waals surface area contributed by atoms with Gasteiger partial charge < -0.3 is 0 Å². The smallest absolute Gasteiger partial charge is 0.00201 e. The molecule has 0 nitrogen and oxygen atoms in total. The lowest BCUT2D eigenvalue weighted by molar-refractivity contribution is 0.980. The number of aryl methyl sites for hydroxylation is 1. The van der Waals surface area contributed by atoms with Crippen molar-refractivity contribution in [2.45, 2.75) is 26.7 Å². The van der Waals surface area contributed by atoms with E-state index in [1.165, 1.54) is 88.0 Å². The van der Waals surface area contributed by atoms with Gasteiger partial charge in [0.25, 0.3) is 0 Å². The minimum absolute atomic E-state index is 1.07. The topological polar surface area (TPSA) is 0 Å². The summed E-state index contributed by atoms with van der Waals surface area (Å²) in [4.78, 5) is 0. The highest BCUT2D eigenvalue weighted by molar-refractivity contribution is 6.23. The molecule has 46 heavy (non-hydrogen) atoms. The summed E-state index contributed by atoms with van der Waals surface area (Å²) in [5, 5.41) is 7.74. The first-order valence-electron chi connectivity index (χ1n) is 16.3. The van der Waals surface area contributed by atoms with E-state index < -0.39 is 0 Å². The Kier molecular flexibility index (Phi) is 7.20. The fraction of sp³-hybridized carbons (Fsp3) is 0.0870. The molecule has 0 saturated carbocycles. The van der Waals surface area contributed by atoms with Gasteiger partial charge in [0, 0.05) is 0 Å². The van der Waals surface area contributed by atoms with E-state index in [1.54, 1.807) is 0 Å². The molecule has 0 heteroatoms. The van der Waals surface area contributed by atoms with E-state index in [-0.39, 0.29) is 0 Å². The van der Waals surface area contributed by atoms with Gasteiger partial charge in [-0.2, -0.15) is 0 Å². The quantitative estimate of drug-likeness (QED) is 0.179. The minimum Gasteiger partial charge on any atom is -0.0842 e. The minimum atomic E-state index is 1.07. The van der Waals surface area contributed by atoms with Gasteiger partial charge in [-0.15, -0.1) is 0 Å². The first-order valence-corrected chi connectivity index (χ1v) is 16.3. The maximum Gasteiger partial charge on any atom is -0.00201 e.